The van der Waals surface area contributed by atoms with Crippen LogP contribution in [0.3, 0.4) is 0 Å². The third-order valence-electron chi connectivity index (χ3n) is 6.78. The number of hydrogen-bond acceptors (Lipinski definition) is 3. The maximum absolute atomic E-state index is 9.03. The molecule has 0 radical (unpaired) electrons. The van der Waals surface area contributed by atoms with E-state index in [0.29, 0.717) is 13.0 Å². The highest BCUT2D eigenvalue weighted by Crippen LogP contribution is 2.09. The van der Waals surface area contributed by atoms with Gasteiger partial charge in [0, 0.05) is 26.1 Å². The topological polar surface area (TPSA) is 34.6 Å². The summed E-state index contributed by atoms with van der Waals surface area (Å²) in [5.74, 6) is 0. The molecule has 0 N–H and O–H groups in total. The van der Waals surface area contributed by atoms with Crippen molar-refractivity contribution in [1.29, 1.82) is 5.26 Å². The third-order valence-corrected chi connectivity index (χ3v) is 6.78. The minimum absolute atomic E-state index is 0.586. The molecular weight excluding hydrogens is 440 g/mol. The molecule has 0 aliphatic heterocycles. The highest BCUT2D eigenvalue weighted by molar-refractivity contribution is 4.87. The van der Waals surface area contributed by atoms with Gasteiger partial charge in [-0.25, -0.2) is 6.57 Å². The lowest BCUT2D eigenvalue weighted by molar-refractivity contribution is 0.273. The molecule has 0 atom stereocenters. The molecule has 0 aromatic carbocycles. The Morgan fingerprint density at radius 3 is 1.56 bits per heavy atom. The largest absolute Gasteiger partial charge is 0.316 e. The number of unbranched alkanes of at least 4 members (excludes halogenated alkanes) is 13. The molecule has 0 saturated heterocycles. The minimum Gasteiger partial charge on any atom is -0.316 e. The summed E-state index contributed by atoms with van der Waals surface area (Å²) in [6.45, 7) is 18.0. The van der Waals surface area contributed by atoms with E-state index in [0.717, 1.165) is 52.1 Å². The van der Waals surface area contributed by atoms with Gasteiger partial charge in [-0.2, -0.15) is 5.26 Å². The lowest BCUT2D eigenvalue weighted by Crippen LogP contribution is -2.29. The normalized spacial score (nSPS) is 11.7. The Bertz CT molecular complexity index is 532. The number of hydrogen-bond donors (Lipinski definition) is 0. The second kappa shape index (κ2) is 29.6. The first kappa shape index (κ1) is 34.4. The molecule has 36 heavy (non-hydrogen) atoms. The molecule has 0 saturated carbocycles. The van der Waals surface area contributed by atoms with Crippen LogP contribution in [0, 0.1) is 17.9 Å². The summed E-state index contributed by atoms with van der Waals surface area (Å²) in [5.41, 5.74) is 0. The van der Waals surface area contributed by atoms with Gasteiger partial charge >= 0.3 is 0 Å². The zero-order valence-electron chi connectivity index (χ0n) is 24.1. The molecule has 0 heterocycles. The van der Waals surface area contributed by atoms with Crippen molar-refractivity contribution in [2.75, 3.05) is 45.8 Å². The number of nitriles is 1. The van der Waals surface area contributed by atoms with Gasteiger partial charge in [-0.3, -0.25) is 9.80 Å². The average molecular weight is 499 g/mol. The Labute approximate surface area is 225 Å². The van der Waals surface area contributed by atoms with Crippen molar-refractivity contribution in [3.8, 4) is 6.07 Å². The van der Waals surface area contributed by atoms with E-state index in [-0.39, 0.29) is 0 Å². The fraction of sp³-hybridized carbons (Fsp3) is 0.812. The van der Waals surface area contributed by atoms with Gasteiger partial charge in [0.1, 0.15) is 0 Å². The van der Waals surface area contributed by atoms with Crippen molar-refractivity contribution in [2.24, 2.45) is 0 Å². The summed E-state index contributed by atoms with van der Waals surface area (Å²) >= 11 is 0. The SMILES string of the molecule is [C-]#[N+]CCN(C/C=C\CCCCCCCC)CCCCN(C/C=C\CCCCCCCC)CCC#N. The number of rotatable bonds is 27. The van der Waals surface area contributed by atoms with Gasteiger partial charge in [-0.1, -0.05) is 102 Å². The molecule has 0 rings (SSSR count). The Morgan fingerprint density at radius 1 is 0.611 bits per heavy atom. The monoisotopic (exact) mass is 498 g/mol. The molecule has 0 bridgehead atoms. The van der Waals surface area contributed by atoms with E-state index in [9.17, 15) is 0 Å². The summed E-state index contributed by atoms with van der Waals surface area (Å²) in [7, 11) is 0. The van der Waals surface area contributed by atoms with Crippen LogP contribution in [-0.4, -0.2) is 55.6 Å². The van der Waals surface area contributed by atoms with E-state index < -0.39 is 0 Å². The zero-order chi connectivity index (χ0) is 26.4. The van der Waals surface area contributed by atoms with E-state index >= 15 is 0 Å². The maximum Gasteiger partial charge on any atom is 0.227 e. The van der Waals surface area contributed by atoms with E-state index in [1.165, 1.54) is 89.9 Å². The van der Waals surface area contributed by atoms with E-state index in [1.807, 2.05) is 0 Å². The molecule has 0 aliphatic carbocycles. The first-order chi connectivity index (χ1) is 17.8. The summed E-state index contributed by atoms with van der Waals surface area (Å²) in [4.78, 5) is 8.42. The van der Waals surface area contributed by atoms with Crippen LogP contribution in [0.25, 0.3) is 4.85 Å². The van der Waals surface area contributed by atoms with Gasteiger partial charge < -0.3 is 4.85 Å². The second-order valence-corrected chi connectivity index (χ2v) is 10.2. The van der Waals surface area contributed by atoms with Gasteiger partial charge in [-0.05, 0) is 51.6 Å². The Morgan fingerprint density at radius 2 is 1.08 bits per heavy atom. The number of nitrogens with zero attached hydrogens (tertiary/aromatic N) is 4. The van der Waals surface area contributed by atoms with Gasteiger partial charge in [0.2, 0.25) is 6.54 Å². The smallest absolute Gasteiger partial charge is 0.227 e. The second-order valence-electron chi connectivity index (χ2n) is 10.2. The maximum atomic E-state index is 9.03. The molecule has 4 nitrogen and oxygen atoms in total. The number of allylic oxidation sites excluding steroid dienone is 2. The quantitative estimate of drug-likeness (QED) is 0.0644. The molecule has 0 aromatic heterocycles. The van der Waals surface area contributed by atoms with Crippen LogP contribution in [0.1, 0.15) is 123 Å². The van der Waals surface area contributed by atoms with Crippen LogP contribution in [0.2, 0.25) is 0 Å². The van der Waals surface area contributed by atoms with Crippen LogP contribution in [-0.2, 0) is 0 Å². The molecule has 0 amide bonds. The third kappa shape index (κ3) is 25.5. The first-order valence-corrected chi connectivity index (χ1v) is 15.2. The first-order valence-electron chi connectivity index (χ1n) is 15.2. The highest BCUT2D eigenvalue weighted by atomic mass is 15.1. The summed E-state index contributed by atoms with van der Waals surface area (Å²) in [5, 5.41) is 9.03. The fourth-order valence-electron chi connectivity index (χ4n) is 4.43. The summed E-state index contributed by atoms with van der Waals surface area (Å²) in [6.07, 6.45) is 30.7. The Balaban J connectivity index is 4.15. The van der Waals surface area contributed by atoms with Crippen LogP contribution in [0.5, 0.6) is 0 Å². The lowest BCUT2D eigenvalue weighted by Gasteiger charge is -2.21. The molecule has 0 aromatic rings. The van der Waals surface area contributed by atoms with Crippen molar-refractivity contribution in [1.82, 2.24) is 9.80 Å². The van der Waals surface area contributed by atoms with Gasteiger partial charge in [-0.15, -0.1) is 0 Å². The van der Waals surface area contributed by atoms with Crippen LogP contribution < -0.4 is 0 Å². The molecular formula is C32H58N4. The van der Waals surface area contributed by atoms with Crippen molar-refractivity contribution in [2.45, 2.75) is 123 Å². The van der Waals surface area contributed by atoms with E-state index in [4.69, 9.17) is 11.8 Å². The van der Waals surface area contributed by atoms with Crippen molar-refractivity contribution < 1.29 is 0 Å². The van der Waals surface area contributed by atoms with Crippen LogP contribution in [0.15, 0.2) is 24.3 Å². The molecule has 0 spiro atoms. The standard InChI is InChI=1S/C32H58N4/c1-4-6-8-10-12-14-16-18-20-27-35(31-24-25-33)29-22-23-30-36(32-26-34-3)28-21-19-17-15-13-11-9-7-5-2/h18-21H,4-17,22-24,26-32H2,1-2H3/b20-18-,21-19-. The summed E-state index contributed by atoms with van der Waals surface area (Å²) in [6, 6.07) is 2.31. The predicted octanol–water partition coefficient (Wildman–Crippen LogP) is 8.82. The average Bonchev–Trinajstić information content (AvgIpc) is 2.89. The van der Waals surface area contributed by atoms with Crippen molar-refractivity contribution >= 4 is 0 Å². The molecule has 206 valence electrons. The van der Waals surface area contributed by atoms with Gasteiger partial charge in [0.25, 0.3) is 0 Å². The molecule has 0 fully saturated rings. The molecule has 0 unspecified atom stereocenters. The summed E-state index contributed by atoms with van der Waals surface area (Å²) < 4.78 is 0. The zero-order valence-corrected chi connectivity index (χ0v) is 24.1. The Hall–Kier alpha value is -1.62. The van der Waals surface area contributed by atoms with Crippen molar-refractivity contribution in [3.63, 3.8) is 0 Å². The highest BCUT2D eigenvalue weighted by Gasteiger charge is 2.06. The Kier molecular flexibility index (Phi) is 28.3. The predicted molar refractivity (Wildman–Crippen MR) is 158 cm³/mol. The molecule has 4 heteroatoms. The van der Waals surface area contributed by atoms with Crippen LogP contribution >= 0.6 is 0 Å². The minimum atomic E-state index is 0.586. The van der Waals surface area contributed by atoms with Gasteiger partial charge in [0.15, 0.2) is 0 Å². The molecule has 0 aliphatic rings. The fourth-order valence-corrected chi connectivity index (χ4v) is 4.43. The lowest BCUT2D eigenvalue weighted by atomic mass is 10.1. The van der Waals surface area contributed by atoms with E-state index in [1.54, 1.807) is 0 Å². The van der Waals surface area contributed by atoms with E-state index in [2.05, 4.69) is 58.9 Å². The van der Waals surface area contributed by atoms with Crippen LogP contribution in [0.4, 0.5) is 0 Å². The van der Waals surface area contributed by atoms with Gasteiger partial charge in [0.05, 0.1) is 12.6 Å². The van der Waals surface area contributed by atoms with Crippen molar-refractivity contribution in [3.05, 3.63) is 35.7 Å².